The molecule has 2 aromatic rings. The molecule has 4 nitrogen and oxygen atoms in total. The summed E-state index contributed by atoms with van der Waals surface area (Å²) in [5.41, 5.74) is -0.875. The molecule has 1 aromatic heterocycles. The Morgan fingerprint density at radius 2 is 1.94 bits per heavy atom. The average molecular weight is 230 g/mol. The Morgan fingerprint density at radius 3 is 2.50 bits per heavy atom. The van der Waals surface area contributed by atoms with Crippen LogP contribution in [0.1, 0.15) is 10.5 Å². The molecule has 7 heteroatoms. The predicted octanol–water partition coefficient (Wildman–Crippen LogP) is 2.21. The molecule has 0 amide bonds. The summed E-state index contributed by atoms with van der Waals surface area (Å²) in [7, 11) is 0. The second kappa shape index (κ2) is 3.22. The molecule has 0 atom stereocenters. The quantitative estimate of drug-likeness (QED) is 0.817. The Hall–Kier alpha value is -2.05. The number of nitrogens with zero attached hydrogens (tertiary/aromatic N) is 2. The number of hydrogen-bond acceptors (Lipinski definition) is 2. The van der Waals surface area contributed by atoms with Crippen molar-refractivity contribution in [3.63, 3.8) is 0 Å². The SMILES string of the molecule is O=C(O)c1nn(C(F)(F)F)c2ccccc12. The van der Waals surface area contributed by atoms with Gasteiger partial charge in [-0.2, -0.15) is 9.78 Å². The van der Waals surface area contributed by atoms with Crippen LogP contribution in [0, 0.1) is 0 Å². The fraction of sp³-hybridized carbons (Fsp3) is 0.111. The van der Waals surface area contributed by atoms with Gasteiger partial charge in [-0.1, -0.05) is 18.2 Å². The molecule has 84 valence electrons. The number of benzene rings is 1. The number of carboxylic acid groups (broad SMARTS) is 1. The molecular weight excluding hydrogens is 225 g/mol. The molecule has 1 aromatic carbocycles. The zero-order chi connectivity index (χ0) is 11.9. The topological polar surface area (TPSA) is 55.1 Å². The molecule has 0 saturated heterocycles. The van der Waals surface area contributed by atoms with Crippen molar-refractivity contribution >= 4 is 16.9 Å². The zero-order valence-corrected chi connectivity index (χ0v) is 7.69. The van der Waals surface area contributed by atoms with Gasteiger partial charge in [0.1, 0.15) is 0 Å². The van der Waals surface area contributed by atoms with E-state index >= 15 is 0 Å². The molecule has 0 aliphatic rings. The fourth-order valence-electron chi connectivity index (χ4n) is 1.42. The van der Waals surface area contributed by atoms with E-state index in [-0.39, 0.29) is 15.6 Å². The van der Waals surface area contributed by atoms with Crippen LogP contribution in [0.15, 0.2) is 24.3 Å². The van der Waals surface area contributed by atoms with Crippen molar-refractivity contribution < 1.29 is 23.1 Å². The van der Waals surface area contributed by atoms with Gasteiger partial charge in [0, 0.05) is 5.39 Å². The smallest absolute Gasteiger partial charge is 0.476 e. The standard InChI is InChI=1S/C9H5F3N2O2/c10-9(11,12)14-6-4-2-1-3-5(6)7(13-14)8(15)16/h1-4H,(H,15,16). The van der Waals surface area contributed by atoms with Crippen LogP contribution in [-0.4, -0.2) is 20.9 Å². The van der Waals surface area contributed by atoms with Gasteiger partial charge in [-0.15, -0.1) is 13.2 Å². The molecule has 0 unspecified atom stereocenters. The summed E-state index contributed by atoms with van der Waals surface area (Å²) in [5, 5.41) is 11.7. The molecule has 0 aliphatic carbocycles. The first kappa shape index (κ1) is 10.5. The van der Waals surface area contributed by atoms with Crippen molar-refractivity contribution in [1.29, 1.82) is 0 Å². The van der Waals surface area contributed by atoms with Crippen molar-refractivity contribution in [2.24, 2.45) is 0 Å². The third-order valence-electron chi connectivity index (χ3n) is 2.03. The van der Waals surface area contributed by atoms with Gasteiger partial charge >= 0.3 is 12.3 Å². The van der Waals surface area contributed by atoms with Crippen molar-refractivity contribution in [2.75, 3.05) is 0 Å². The van der Waals surface area contributed by atoms with Crippen LogP contribution in [0.3, 0.4) is 0 Å². The van der Waals surface area contributed by atoms with Gasteiger partial charge in [-0.25, -0.2) is 4.79 Å². The molecule has 0 saturated carbocycles. The number of hydrogen-bond donors (Lipinski definition) is 1. The molecule has 0 aliphatic heterocycles. The lowest BCUT2D eigenvalue weighted by Gasteiger charge is -2.06. The summed E-state index contributed by atoms with van der Waals surface area (Å²) in [6.45, 7) is 0. The number of fused-ring (bicyclic) bond motifs is 1. The molecule has 0 spiro atoms. The normalized spacial score (nSPS) is 11.9. The number of rotatable bonds is 1. The minimum Gasteiger partial charge on any atom is -0.476 e. The van der Waals surface area contributed by atoms with Crippen LogP contribution in [0.4, 0.5) is 13.2 Å². The molecular formula is C9H5F3N2O2. The van der Waals surface area contributed by atoms with Gasteiger partial charge in [-0.3, -0.25) is 0 Å². The Balaban J connectivity index is 2.82. The van der Waals surface area contributed by atoms with Gasteiger partial charge in [-0.05, 0) is 6.07 Å². The maximum Gasteiger partial charge on any atom is 0.505 e. The van der Waals surface area contributed by atoms with Crippen LogP contribution < -0.4 is 0 Å². The summed E-state index contributed by atoms with van der Waals surface area (Å²) in [6.07, 6.45) is -4.73. The largest absolute Gasteiger partial charge is 0.505 e. The van der Waals surface area contributed by atoms with Crippen LogP contribution >= 0.6 is 0 Å². The third-order valence-corrected chi connectivity index (χ3v) is 2.03. The predicted molar refractivity (Wildman–Crippen MR) is 48.0 cm³/mol. The first-order chi connectivity index (χ1) is 7.41. The summed E-state index contributed by atoms with van der Waals surface area (Å²) in [5.74, 6) is -1.49. The minimum absolute atomic E-state index is 0.0349. The van der Waals surface area contributed by atoms with E-state index in [9.17, 15) is 18.0 Å². The Kier molecular flexibility index (Phi) is 2.11. The van der Waals surface area contributed by atoms with Crippen LogP contribution in [-0.2, 0) is 6.30 Å². The fourth-order valence-corrected chi connectivity index (χ4v) is 1.42. The van der Waals surface area contributed by atoms with Gasteiger partial charge < -0.3 is 5.11 Å². The molecule has 0 bridgehead atoms. The van der Waals surface area contributed by atoms with E-state index < -0.39 is 18.0 Å². The first-order valence-corrected chi connectivity index (χ1v) is 4.19. The summed E-state index contributed by atoms with van der Waals surface area (Å²) < 4.78 is 37.3. The van der Waals surface area contributed by atoms with Crippen LogP contribution in [0.5, 0.6) is 0 Å². The van der Waals surface area contributed by atoms with Crippen molar-refractivity contribution in [2.45, 2.75) is 6.30 Å². The van der Waals surface area contributed by atoms with E-state index in [4.69, 9.17) is 5.11 Å². The molecule has 1 N–H and O–H groups in total. The highest BCUT2D eigenvalue weighted by atomic mass is 19.4. The summed E-state index contributed by atoms with van der Waals surface area (Å²) >= 11 is 0. The number of para-hydroxylation sites is 1. The zero-order valence-electron chi connectivity index (χ0n) is 7.69. The molecule has 2 rings (SSSR count). The van der Waals surface area contributed by atoms with E-state index in [1.165, 1.54) is 24.3 Å². The highest BCUT2D eigenvalue weighted by Gasteiger charge is 2.35. The summed E-state index contributed by atoms with van der Waals surface area (Å²) in [6, 6.07) is 5.30. The number of alkyl halides is 3. The highest BCUT2D eigenvalue weighted by Crippen LogP contribution is 2.28. The second-order valence-electron chi connectivity index (χ2n) is 3.05. The Labute approximate surface area is 86.9 Å². The number of carbonyl (C=O) groups is 1. The third kappa shape index (κ3) is 1.50. The monoisotopic (exact) mass is 230 g/mol. The van der Waals surface area contributed by atoms with Crippen molar-refractivity contribution in [1.82, 2.24) is 9.78 Å². The first-order valence-electron chi connectivity index (χ1n) is 4.19. The van der Waals surface area contributed by atoms with E-state index in [0.717, 1.165) is 0 Å². The van der Waals surface area contributed by atoms with Gasteiger partial charge in [0.25, 0.3) is 0 Å². The Bertz CT molecular complexity index is 559. The molecule has 0 radical (unpaired) electrons. The van der Waals surface area contributed by atoms with Crippen molar-refractivity contribution in [3.05, 3.63) is 30.0 Å². The van der Waals surface area contributed by atoms with Gasteiger partial charge in [0.2, 0.25) is 0 Å². The van der Waals surface area contributed by atoms with E-state index in [1.54, 1.807) is 0 Å². The lowest BCUT2D eigenvalue weighted by molar-refractivity contribution is -0.209. The maximum atomic E-state index is 12.5. The number of aromatic carboxylic acids is 1. The van der Waals surface area contributed by atoms with Crippen molar-refractivity contribution in [3.8, 4) is 0 Å². The molecule has 0 fully saturated rings. The average Bonchev–Trinajstić information content (AvgIpc) is 2.56. The number of aromatic nitrogens is 2. The van der Waals surface area contributed by atoms with Crippen LogP contribution in [0.2, 0.25) is 0 Å². The van der Waals surface area contributed by atoms with E-state index in [1.807, 2.05) is 0 Å². The van der Waals surface area contributed by atoms with E-state index in [0.29, 0.717) is 0 Å². The Morgan fingerprint density at radius 1 is 1.31 bits per heavy atom. The lowest BCUT2D eigenvalue weighted by atomic mass is 10.2. The van der Waals surface area contributed by atoms with Gasteiger partial charge in [0.05, 0.1) is 5.52 Å². The number of carboxylic acids is 1. The lowest BCUT2D eigenvalue weighted by Crippen LogP contribution is -2.18. The second-order valence-corrected chi connectivity index (χ2v) is 3.05. The summed E-state index contributed by atoms with van der Waals surface area (Å²) in [4.78, 5) is 10.7. The highest BCUT2D eigenvalue weighted by molar-refractivity contribution is 6.01. The minimum atomic E-state index is -4.73. The number of halogens is 3. The van der Waals surface area contributed by atoms with Gasteiger partial charge in [0.15, 0.2) is 5.69 Å². The molecule has 16 heavy (non-hydrogen) atoms. The van der Waals surface area contributed by atoms with E-state index in [2.05, 4.69) is 5.10 Å². The molecule has 1 heterocycles. The van der Waals surface area contributed by atoms with Crippen LogP contribution in [0.25, 0.3) is 10.9 Å². The maximum absolute atomic E-state index is 12.5.